The normalized spacial score (nSPS) is 13.2. The molecule has 0 aliphatic rings. The van der Waals surface area contributed by atoms with Crippen LogP contribution in [0.2, 0.25) is 0 Å². The Labute approximate surface area is 284 Å². The van der Waals surface area contributed by atoms with Crippen molar-refractivity contribution in [3.8, 4) is 0 Å². The Hall–Kier alpha value is -0.560. The maximum atomic E-state index is 6.10. The number of hydrogen-bond donors (Lipinski definition) is 6. The molecular formula is C32H79N13O. The highest BCUT2D eigenvalue weighted by molar-refractivity contribution is 4.73. The van der Waals surface area contributed by atoms with Crippen molar-refractivity contribution in [3.63, 3.8) is 0 Å². The molecule has 0 radical (unpaired) electrons. The molecule has 0 spiro atoms. The van der Waals surface area contributed by atoms with Crippen molar-refractivity contribution in [1.82, 2.24) is 34.3 Å². The van der Waals surface area contributed by atoms with Crippen molar-refractivity contribution in [2.45, 2.75) is 26.9 Å². The minimum atomic E-state index is 0.187. The van der Waals surface area contributed by atoms with Gasteiger partial charge in [-0.1, -0.05) is 6.92 Å². The van der Waals surface area contributed by atoms with Gasteiger partial charge in [0, 0.05) is 170 Å². The molecule has 46 heavy (non-hydrogen) atoms. The SMILES string of the molecule is CCOC(C)CN(CCN)CCN(CCN(CCN)CCN(C)CCN)CCN(CCN)CCN(CCN)CCN(CC)CCN. The summed E-state index contributed by atoms with van der Waals surface area (Å²) in [5.74, 6) is 0. The van der Waals surface area contributed by atoms with Crippen LogP contribution < -0.4 is 34.4 Å². The Bertz CT molecular complexity index is 639. The van der Waals surface area contributed by atoms with Gasteiger partial charge in [-0.3, -0.25) is 24.5 Å². The number of rotatable bonds is 35. The Morgan fingerprint density at radius 3 is 1.09 bits per heavy atom. The first kappa shape index (κ1) is 45.4. The van der Waals surface area contributed by atoms with Crippen LogP contribution in [0.15, 0.2) is 0 Å². The van der Waals surface area contributed by atoms with Crippen LogP contribution in [0.25, 0.3) is 0 Å². The highest BCUT2D eigenvalue weighted by Gasteiger charge is 2.16. The average Bonchev–Trinajstić information content (AvgIpc) is 3.03. The maximum absolute atomic E-state index is 6.10. The third-order valence-electron chi connectivity index (χ3n) is 8.61. The molecule has 278 valence electrons. The Morgan fingerprint density at radius 2 is 0.717 bits per heavy atom. The molecule has 14 nitrogen and oxygen atoms in total. The maximum Gasteiger partial charge on any atom is 0.0673 e. The van der Waals surface area contributed by atoms with E-state index in [-0.39, 0.29) is 6.10 Å². The van der Waals surface area contributed by atoms with Gasteiger partial charge >= 0.3 is 0 Å². The fraction of sp³-hybridized carbons (Fsp3) is 1.00. The molecule has 0 rings (SSSR count). The number of ether oxygens (including phenoxy) is 1. The Balaban J connectivity index is 5.45. The average molecular weight is 662 g/mol. The molecule has 12 N–H and O–H groups in total. The summed E-state index contributed by atoms with van der Waals surface area (Å²) in [6, 6.07) is 0. The molecule has 1 unspecified atom stereocenters. The van der Waals surface area contributed by atoms with E-state index in [4.69, 9.17) is 39.1 Å². The fourth-order valence-corrected chi connectivity index (χ4v) is 5.74. The van der Waals surface area contributed by atoms with E-state index in [1.165, 1.54) is 0 Å². The van der Waals surface area contributed by atoms with Crippen molar-refractivity contribution in [1.29, 1.82) is 0 Å². The molecule has 0 amide bonds. The van der Waals surface area contributed by atoms with Gasteiger partial charge in [-0.2, -0.15) is 0 Å². The van der Waals surface area contributed by atoms with Crippen LogP contribution in [0.4, 0.5) is 0 Å². The highest BCUT2D eigenvalue weighted by Crippen LogP contribution is 2.02. The summed E-state index contributed by atoms with van der Waals surface area (Å²) < 4.78 is 5.85. The summed E-state index contributed by atoms with van der Waals surface area (Å²) in [7, 11) is 2.13. The monoisotopic (exact) mass is 662 g/mol. The second kappa shape index (κ2) is 31.7. The van der Waals surface area contributed by atoms with Gasteiger partial charge in [-0.15, -0.1) is 0 Å². The molecule has 0 aromatic carbocycles. The van der Waals surface area contributed by atoms with Gasteiger partial charge in [0.05, 0.1) is 6.10 Å². The van der Waals surface area contributed by atoms with Gasteiger partial charge in [-0.05, 0) is 27.4 Å². The molecule has 0 aliphatic heterocycles. The summed E-state index contributed by atoms with van der Waals surface area (Å²) in [4.78, 5) is 17.2. The first-order valence-electron chi connectivity index (χ1n) is 18.1. The van der Waals surface area contributed by atoms with Gasteiger partial charge in [0.2, 0.25) is 0 Å². The zero-order chi connectivity index (χ0) is 34.4. The highest BCUT2D eigenvalue weighted by atomic mass is 16.5. The standard InChI is InChI=1S/C32H79N13O/c1-5-40(14-8-34)21-22-42(16-10-36)23-24-43(17-11-37)26-28-44(29-30-45(18-12-38)31-32(3)46-6-2)27-25-41(15-9-35)20-19-39(4)13-7-33/h32H,5-31,33-38H2,1-4H3. The van der Waals surface area contributed by atoms with Crippen molar-refractivity contribution in [2.75, 3.05) is 184 Å². The first-order valence-corrected chi connectivity index (χ1v) is 18.1. The Kier molecular flexibility index (Phi) is 31.3. The van der Waals surface area contributed by atoms with E-state index in [1.807, 2.05) is 0 Å². The summed E-state index contributed by atoms with van der Waals surface area (Å²) in [5, 5.41) is 0. The van der Waals surface area contributed by atoms with Crippen LogP contribution in [0.1, 0.15) is 20.8 Å². The lowest BCUT2D eigenvalue weighted by Gasteiger charge is -2.33. The predicted molar refractivity (Wildman–Crippen MR) is 197 cm³/mol. The lowest BCUT2D eigenvalue weighted by atomic mass is 10.3. The summed E-state index contributed by atoms with van der Waals surface area (Å²) in [6.45, 7) is 30.2. The lowest BCUT2D eigenvalue weighted by Crippen LogP contribution is -2.48. The second-order valence-corrected chi connectivity index (χ2v) is 12.4. The zero-order valence-electron chi connectivity index (χ0n) is 30.7. The third kappa shape index (κ3) is 24.6. The molecule has 0 bridgehead atoms. The van der Waals surface area contributed by atoms with Gasteiger partial charge in [-0.25, -0.2) is 0 Å². The van der Waals surface area contributed by atoms with Gasteiger partial charge < -0.3 is 48.9 Å². The minimum absolute atomic E-state index is 0.187. The third-order valence-corrected chi connectivity index (χ3v) is 8.61. The van der Waals surface area contributed by atoms with E-state index in [2.05, 4.69) is 62.1 Å². The van der Waals surface area contributed by atoms with Crippen molar-refractivity contribution in [3.05, 3.63) is 0 Å². The molecule has 0 saturated carbocycles. The van der Waals surface area contributed by atoms with Crippen LogP contribution in [0.5, 0.6) is 0 Å². The van der Waals surface area contributed by atoms with Gasteiger partial charge in [0.1, 0.15) is 0 Å². The van der Waals surface area contributed by atoms with Crippen molar-refractivity contribution >= 4 is 0 Å². The number of nitrogens with zero attached hydrogens (tertiary/aromatic N) is 7. The smallest absolute Gasteiger partial charge is 0.0673 e. The van der Waals surface area contributed by atoms with E-state index in [0.29, 0.717) is 39.3 Å². The summed E-state index contributed by atoms with van der Waals surface area (Å²) in [6.07, 6.45) is 0.187. The van der Waals surface area contributed by atoms with Crippen molar-refractivity contribution < 1.29 is 4.74 Å². The van der Waals surface area contributed by atoms with Crippen LogP contribution in [0.3, 0.4) is 0 Å². The first-order chi connectivity index (χ1) is 22.3. The molecule has 14 heteroatoms. The van der Waals surface area contributed by atoms with E-state index in [1.54, 1.807) is 0 Å². The van der Waals surface area contributed by atoms with Crippen molar-refractivity contribution in [2.24, 2.45) is 34.4 Å². The summed E-state index contributed by atoms with van der Waals surface area (Å²) >= 11 is 0. The minimum Gasteiger partial charge on any atom is -0.377 e. The number of hydrogen-bond acceptors (Lipinski definition) is 14. The van der Waals surface area contributed by atoms with Gasteiger partial charge in [0.25, 0.3) is 0 Å². The van der Waals surface area contributed by atoms with E-state index in [9.17, 15) is 0 Å². The number of nitrogens with two attached hydrogens (primary N) is 6. The Morgan fingerprint density at radius 1 is 0.413 bits per heavy atom. The van der Waals surface area contributed by atoms with Gasteiger partial charge in [0.15, 0.2) is 0 Å². The zero-order valence-corrected chi connectivity index (χ0v) is 30.7. The van der Waals surface area contributed by atoms with E-state index in [0.717, 1.165) is 138 Å². The molecule has 0 aromatic rings. The molecule has 0 fully saturated rings. The topological polar surface area (TPSA) is 188 Å². The quantitative estimate of drug-likeness (QED) is 0.0402. The van der Waals surface area contributed by atoms with Crippen LogP contribution in [0, 0.1) is 0 Å². The number of likely N-dealkylation sites (N-methyl/N-ethyl adjacent to an activating group) is 2. The van der Waals surface area contributed by atoms with Crippen LogP contribution in [-0.4, -0.2) is 224 Å². The largest absolute Gasteiger partial charge is 0.377 e. The lowest BCUT2D eigenvalue weighted by molar-refractivity contribution is 0.0429. The molecule has 0 heterocycles. The van der Waals surface area contributed by atoms with Crippen LogP contribution >= 0.6 is 0 Å². The second-order valence-electron chi connectivity index (χ2n) is 12.4. The van der Waals surface area contributed by atoms with E-state index >= 15 is 0 Å². The van der Waals surface area contributed by atoms with Crippen LogP contribution in [-0.2, 0) is 4.74 Å². The molecule has 0 aliphatic carbocycles. The molecule has 0 aromatic heterocycles. The predicted octanol–water partition coefficient (Wildman–Crippen LogP) is -3.07. The fourth-order valence-electron chi connectivity index (χ4n) is 5.74. The molecule has 0 saturated heterocycles. The summed E-state index contributed by atoms with van der Waals surface area (Å²) in [5.41, 5.74) is 35.7. The van der Waals surface area contributed by atoms with E-state index < -0.39 is 0 Å². The molecule has 1 atom stereocenters. The molecular weight excluding hydrogens is 582 g/mol.